The van der Waals surface area contributed by atoms with Gasteiger partial charge in [0, 0.05) is 35.4 Å². The van der Waals surface area contributed by atoms with Crippen LogP contribution in [0.5, 0.6) is 0 Å². The van der Waals surface area contributed by atoms with Gasteiger partial charge < -0.3 is 9.80 Å². The van der Waals surface area contributed by atoms with E-state index in [2.05, 4.69) is 40.6 Å². The number of quaternary nitrogens is 1. The first-order valence-corrected chi connectivity index (χ1v) is 15.4. The molecule has 198 valence electrons. The Morgan fingerprint density at radius 1 is 1.05 bits per heavy atom. The van der Waals surface area contributed by atoms with E-state index in [1.165, 1.54) is 55.0 Å². The van der Waals surface area contributed by atoms with Crippen molar-refractivity contribution in [3.8, 4) is 0 Å². The number of hydrogen-bond donors (Lipinski definition) is 0. The van der Waals surface area contributed by atoms with Crippen LogP contribution < -0.4 is 4.90 Å². The quantitative estimate of drug-likeness (QED) is 0.483. The highest BCUT2D eigenvalue weighted by molar-refractivity contribution is 7.13. The monoisotopic (exact) mass is 521 g/mol. The van der Waals surface area contributed by atoms with Gasteiger partial charge in [-0.2, -0.15) is 9.02 Å². The molecule has 1 amide bonds. The summed E-state index contributed by atoms with van der Waals surface area (Å²) in [6, 6.07) is 8.56. The van der Waals surface area contributed by atoms with Gasteiger partial charge in [-0.05, 0) is 73.5 Å². The van der Waals surface area contributed by atoms with Gasteiger partial charge in [-0.1, -0.05) is 31.6 Å². The number of likely N-dealkylation sites (tertiary alicyclic amines) is 1. The second-order valence-electron chi connectivity index (χ2n) is 12.5. The number of fused-ring (bicyclic) bond motifs is 6. The summed E-state index contributed by atoms with van der Waals surface area (Å²) in [7, 11) is 1.90. The molecule has 2 aliphatic heterocycles. The van der Waals surface area contributed by atoms with Gasteiger partial charge in [-0.3, -0.25) is 4.79 Å². The number of carbonyl (C=O) groups is 1. The Morgan fingerprint density at radius 2 is 1.78 bits per heavy atom. The number of aromatic nitrogens is 1. The van der Waals surface area contributed by atoms with E-state index in [0.717, 1.165) is 55.4 Å². The van der Waals surface area contributed by atoms with Crippen LogP contribution in [-0.4, -0.2) is 66.2 Å². The first-order valence-electron chi connectivity index (χ1n) is 14.6. The number of hydrogen-bond acceptors (Lipinski definition) is 5. The van der Waals surface area contributed by atoms with Crippen LogP contribution in [0.1, 0.15) is 44.9 Å². The van der Waals surface area contributed by atoms with Gasteiger partial charge in [0.1, 0.15) is 19.6 Å². The van der Waals surface area contributed by atoms with E-state index in [0.29, 0.717) is 35.5 Å². The van der Waals surface area contributed by atoms with E-state index in [4.69, 9.17) is 9.21 Å². The molecule has 6 nitrogen and oxygen atoms in total. The smallest absolute Gasteiger partial charge is 0.230 e. The molecule has 37 heavy (non-hydrogen) atoms. The van der Waals surface area contributed by atoms with Gasteiger partial charge in [0.15, 0.2) is 5.82 Å². The molecule has 0 radical (unpaired) electrons. The lowest BCUT2D eigenvalue weighted by Gasteiger charge is -2.45. The summed E-state index contributed by atoms with van der Waals surface area (Å²) >= 11 is 1.60. The van der Waals surface area contributed by atoms with Crippen molar-refractivity contribution in [2.24, 2.45) is 35.5 Å². The van der Waals surface area contributed by atoms with Crippen molar-refractivity contribution in [3.05, 3.63) is 36.5 Å². The summed E-state index contributed by atoms with van der Waals surface area (Å²) in [5, 5.41) is 1.27. The third-order valence-corrected chi connectivity index (χ3v) is 11.7. The molecule has 1 aromatic carbocycles. The van der Waals surface area contributed by atoms with Gasteiger partial charge in [0.2, 0.25) is 5.91 Å². The molecule has 2 bridgehead atoms. The average Bonchev–Trinajstić information content (AvgIpc) is 3.71. The second-order valence-corrected chi connectivity index (χ2v) is 13.3. The number of rotatable bonds is 6. The Balaban J connectivity index is 1.03. The van der Waals surface area contributed by atoms with E-state index in [9.17, 15) is 4.79 Å². The SMILES string of the molecule is C=C1C2C3CCC(C3)C2C(=O)N1CC1CCCCC1C[N+]1(OC)CCN(c2nsc3ccccc23)CC1. The minimum Gasteiger partial charge on any atom is -0.344 e. The van der Waals surface area contributed by atoms with Crippen molar-refractivity contribution in [2.45, 2.75) is 44.9 Å². The maximum Gasteiger partial charge on any atom is 0.230 e. The Labute approximate surface area is 225 Å². The highest BCUT2D eigenvalue weighted by Crippen LogP contribution is 2.59. The molecule has 6 atom stereocenters. The minimum atomic E-state index is 0.250. The van der Waals surface area contributed by atoms with Crippen molar-refractivity contribution in [1.29, 1.82) is 0 Å². The molecule has 6 unspecified atom stereocenters. The lowest BCUT2D eigenvalue weighted by Crippen LogP contribution is -2.61. The molecule has 2 saturated heterocycles. The van der Waals surface area contributed by atoms with Gasteiger partial charge >= 0.3 is 0 Å². The van der Waals surface area contributed by atoms with Crippen molar-refractivity contribution >= 4 is 33.3 Å². The number of amides is 1. The number of hydroxylamine groups is 3. The highest BCUT2D eigenvalue weighted by Gasteiger charge is 2.58. The standard InChI is InChI=1S/C30H41N4O2S/c1-20-27-21-11-12-22(17-21)28(27)30(35)33(20)18-23-7-3-4-8-24(23)19-34(36-2)15-13-32(14-16-34)29-25-9-5-6-10-26(25)37-31-29/h5-6,9-10,21-24,27-28H,1,3-4,7-8,11-19H2,2H3/q+1. The maximum absolute atomic E-state index is 13.5. The number of allylic oxidation sites excluding steroid dienone is 1. The Hall–Kier alpha value is -1.96. The Morgan fingerprint density at radius 3 is 2.54 bits per heavy atom. The Bertz CT molecular complexity index is 1160. The normalized spacial score (nSPS) is 35.1. The number of benzene rings is 1. The van der Waals surface area contributed by atoms with Crippen LogP contribution in [0.15, 0.2) is 36.5 Å². The largest absolute Gasteiger partial charge is 0.344 e. The highest BCUT2D eigenvalue weighted by atomic mass is 32.1. The first-order chi connectivity index (χ1) is 18.1. The van der Waals surface area contributed by atoms with E-state index in [1.807, 2.05) is 7.11 Å². The topological polar surface area (TPSA) is 45.7 Å². The molecule has 3 heterocycles. The summed E-state index contributed by atoms with van der Waals surface area (Å²) in [5.74, 6) is 4.73. The molecule has 3 saturated carbocycles. The maximum atomic E-state index is 13.5. The van der Waals surface area contributed by atoms with E-state index in [1.54, 1.807) is 11.5 Å². The van der Waals surface area contributed by atoms with Crippen molar-refractivity contribution < 1.29 is 14.3 Å². The average molecular weight is 522 g/mol. The molecule has 7 rings (SSSR count). The van der Waals surface area contributed by atoms with Crippen LogP contribution in [0.25, 0.3) is 10.1 Å². The van der Waals surface area contributed by atoms with E-state index < -0.39 is 0 Å². The molecule has 3 aliphatic carbocycles. The predicted octanol–water partition coefficient (Wildman–Crippen LogP) is 5.32. The fourth-order valence-electron chi connectivity index (χ4n) is 8.84. The van der Waals surface area contributed by atoms with Crippen LogP contribution in [0, 0.1) is 35.5 Å². The second kappa shape index (κ2) is 9.35. The Kier molecular flexibility index (Phi) is 6.09. The predicted molar refractivity (Wildman–Crippen MR) is 148 cm³/mol. The lowest BCUT2D eigenvalue weighted by molar-refractivity contribution is -1.10. The van der Waals surface area contributed by atoms with Gasteiger partial charge in [-0.25, -0.2) is 4.84 Å². The van der Waals surface area contributed by atoms with Crippen LogP contribution in [0.2, 0.25) is 0 Å². The van der Waals surface area contributed by atoms with Crippen LogP contribution in [0.3, 0.4) is 0 Å². The van der Waals surface area contributed by atoms with Crippen molar-refractivity contribution in [3.63, 3.8) is 0 Å². The van der Waals surface area contributed by atoms with Crippen LogP contribution >= 0.6 is 11.5 Å². The zero-order valence-corrected chi connectivity index (χ0v) is 23.0. The van der Waals surface area contributed by atoms with Gasteiger partial charge in [-0.15, -0.1) is 0 Å². The van der Waals surface area contributed by atoms with Gasteiger partial charge in [0.25, 0.3) is 0 Å². The summed E-state index contributed by atoms with van der Waals surface area (Å²) in [6.45, 7) is 10.3. The third-order valence-electron chi connectivity index (χ3n) is 10.8. The number of anilines is 1. The summed E-state index contributed by atoms with van der Waals surface area (Å²) in [4.78, 5) is 24.4. The fourth-order valence-corrected chi connectivity index (χ4v) is 9.64. The molecule has 1 aromatic heterocycles. The molecule has 0 N–H and O–H groups in total. The van der Waals surface area contributed by atoms with E-state index in [-0.39, 0.29) is 5.92 Å². The number of nitrogens with zero attached hydrogens (tertiary/aromatic N) is 4. The summed E-state index contributed by atoms with van der Waals surface area (Å²) in [5.41, 5.74) is 1.16. The van der Waals surface area contributed by atoms with Gasteiger partial charge in [0.05, 0.1) is 24.9 Å². The lowest BCUT2D eigenvalue weighted by atomic mass is 9.78. The molecular formula is C30H41N4O2S+. The fraction of sp³-hybridized carbons (Fsp3) is 0.667. The molecule has 7 heteroatoms. The minimum absolute atomic E-state index is 0.250. The number of carbonyl (C=O) groups excluding carboxylic acids is 1. The zero-order chi connectivity index (χ0) is 25.1. The van der Waals surface area contributed by atoms with Crippen molar-refractivity contribution in [1.82, 2.24) is 9.27 Å². The molecule has 0 spiro atoms. The third kappa shape index (κ3) is 3.95. The molecule has 2 aromatic rings. The molecular weight excluding hydrogens is 480 g/mol. The van der Waals surface area contributed by atoms with Crippen molar-refractivity contribution in [2.75, 3.05) is 51.3 Å². The van der Waals surface area contributed by atoms with Crippen LogP contribution in [0.4, 0.5) is 5.82 Å². The zero-order valence-electron chi connectivity index (χ0n) is 22.2. The summed E-state index contributed by atoms with van der Waals surface area (Å²) < 4.78 is 6.79. The van der Waals surface area contributed by atoms with E-state index >= 15 is 0 Å². The molecule has 5 aliphatic rings. The number of piperazine rings is 1. The first kappa shape index (κ1) is 24.1. The van der Waals surface area contributed by atoms with Crippen LogP contribution in [-0.2, 0) is 9.63 Å². The summed E-state index contributed by atoms with van der Waals surface area (Å²) in [6.07, 6.45) is 8.89. The molecule has 5 fully saturated rings.